The van der Waals surface area contributed by atoms with E-state index in [2.05, 4.69) is 10.1 Å². The molecular formula is C4H6N4O. The number of aryl methyl sites for hydroxylation is 1. The molecule has 0 aliphatic heterocycles. The van der Waals surface area contributed by atoms with Crippen molar-refractivity contribution in [1.29, 1.82) is 0 Å². The molecule has 2 N–H and O–H groups in total. The van der Waals surface area contributed by atoms with E-state index in [9.17, 15) is 5.11 Å². The smallest absolute Gasteiger partial charge is 0.285 e. The summed E-state index contributed by atoms with van der Waals surface area (Å²) < 4.78 is 1.32. The van der Waals surface area contributed by atoms with Gasteiger partial charge in [-0.15, -0.1) is 0 Å². The normalized spacial score (nSPS) is 9.44. The summed E-state index contributed by atoms with van der Waals surface area (Å²) in [7, 11) is 1.61. The molecule has 5 heteroatoms. The minimum absolute atomic E-state index is 0.00463. The first-order valence-corrected chi connectivity index (χ1v) is 2.36. The number of nitrogens with two attached hydrogens (primary N) is 1. The van der Waals surface area contributed by atoms with Crippen molar-refractivity contribution in [3.63, 3.8) is 0 Å². The van der Waals surface area contributed by atoms with Gasteiger partial charge in [0.05, 0.1) is 5.88 Å². The van der Waals surface area contributed by atoms with Crippen molar-refractivity contribution in [2.45, 2.75) is 0 Å². The van der Waals surface area contributed by atoms with Gasteiger partial charge in [-0.05, 0) is 0 Å². The summed E-state index contributed by atoms with van der Waals surface area (Å²) in [5.74, 6) is -0.366. The van der Waals surface area contributed by atoms with Gasteiger partial charge in [0.25, 0.3) is 5.95 Å². The van der Waals surface area contributed by atoms with E-state index in [0.717, 1.165) is 0 Å². The maximum atomic E-state index is 10.5. The highest BCUT2D eigenvalue weighted by Gasteiger charge is 1.94. The van der Waals surface area contributed by atoms with E-state index < -0.39 is 0 Å². The van der Waals surface area contributed by atoms with Crippen molar-refractivity contribution in [3.8, 4) is 5.88 Å². The summed E-state index contributed by atoms with van der Waals surface area (Å²) in [6.07, 6.45) is 1.25. The molecule has 1 rings (SSSR count). The van der Waals surface area contributed by atoms with E-state index in [1.54, 1.807) is 7.05 Å². The van der Waals surface area contributed by atoms with E-state index >= 15 is 0 Å². The van der Waals surface area contributed by atoms with Crippen LogP contribution in [0.1, 0.15) is 0 Å². The van der Waals surface area contributed by atoms with Crippen molar-refractivity contribution in [2.24, 2.45) is 7.05 Å². The minimum atomic E-state index is -0.370. The Balaban J connectivity index is 3.17. The zero-order valence-corrected chi connectivity index (χ0v) is 4.90. The lowest BCUT2D eigenvalue weighted by Crippen LogP contribution is -2.34. The van der Waals surface area contributed by atoms with Crippen LogP contribution in [-0.2, 0) is 7.05 Å². The summed E-state index contributed by atoms with van der Waals surface area (Å²) in [5.41, 5.74) is 5.12. The summed E-state index contributed by atoms with van der Waals surface area (Å²) in [6.45, 7) is 0. The lowest BCUT2D eigenvalue weighted by atomic mass is 10.8. The van der Waals surface area contributed by atoms with Crippen LogP contribution in [0.25, 0.3) is 0 Å². The van der Waals surface area contributed by atoms with E-state index in [0.29, 0.717) is 0 Å². The number of nitrogens with zero attached hydrogens (tertiary/aromatic N) is 3. The van der Waals surface area contributed by atoms with Crippen LogP contribution in [0, 0.1) is 0 Å². The Kier molecular flexibility index (Phi) is 1.18. The molecule has 0 radical (unpaired) electrons. The van der Waals surface area contributed by atoms with Gasteiger partial charge >= 0.3 is 0 Å². The third-order valence-electron chi connectivity index (χ3n) is 0.782. The zero-order chi connectivity index (χ0) is 6.85. The van der Waals surface area contributed by atoms with Gasteiger partial charge in [-0.2, -0.15) is 0 Å². The fourth-order valence-electron chi connectivity index (χ4n) is 0.514. The van der Waals surface area contributed by atoms with Gasteiger partial charge in [0.1, 0.15) is 0 Å². The SMILES string of the molecule is C[n+]1cc([O-])nc(N)n1. The molecule has 0 unspecified atom stereocenters. The second-order valence-electron chi connectivity index (χ2n) is 1.61. The van der Waals surface area contributed by atoms with Crippen LogP contribution in [0.2, 0.25) is 0 Å². The molecule has 1 heterocycles. The summed E-state index contributed by atoms with van der Waals surface area (Å²) in [5, 5.41) is 14.1. The topological polar surface area (TPSA) is 78.7 Å². The molecule has 0 atom stereocenters. The number of aromatic nitrogens is 3. The minimum Gasteiger partial charge on any atom is -0.854 e. The number of hydrogen-bond donors (Lipinski definition) is 1. The highest BCUT2D eigenvalue weighted by Crippen LogP contribution is 1.91. The second kappa shape index (κ2) is 1.85. The zero-order valence-electron chi connectivity index (χ0n) is 4.90. The Morgan fingerprint density at radius 2 is 2.44 bits per heavy atom. The maximum Gasteiger partial charge on any atom is 0.285 e. The first kappa shape index (κ1) is 5.74. The Labute approximate surface area is 51.8 Å². The number of rotatable bonds is 0. The standard InChI is InChI=1S/C4H6N4O/c1-8-2-3(9)6-4(5)7-8/h2H,1H3,(H2-,5,6,7,9). The molecule has 1 aromatic heterocycles. The molecule has 0 aromatic carbocycles. The molecule has 1 aromatic rings. The van der Waals surface area contributed by atoms with Crippen molar-refractivity contribution in [2.75, 3.05) is 5.73 Å². The lowest BCUT2D eigenvalue weighted by molar-refractivity contribution is -0.732. The van der Waals surface area contributed by atoms with E-state index in [4.69, 9.17) is 5.73 Å². The van der Waals surface area contributed by atoms with Crippen LogP contribution < -0.4 is 15.5 Å². The van der Waals surface area contributed by atoms with Crippen LogP contribution in [0.5, 0.6) is 5.88 Å². The predicted octanol–water partition coefficient (Wildman–Crippen LogP) is -2.04. The summed E-state index contributed by atoms with van der Waals surface area (Å²) in [4.78, 5) is 3.32. The van der Waals surface area contributed by atoms with Crippen LogP contribution >= 0.6 is 0 Å². The molecule has 0 bridgehead atoms. The maximum absolute atomic E-state index is 10.5. The van der Waals surface area contributed by atoms with Crippen LogP contribution in [0.3, 0.4) is 0 Å². The molecule has 5 nitrogen and oxygen atoms in total. The molecular weight excluding hydrogens is 120 g/mol. The highest BCUT2D eigenvalue weighted by atomic mass is 16.3. The molecule has 0 amide bonds. The van der Waals surface area contributed by atoms with Crippen LogP contribution in [0.15, 0.2) is 6.20 Å². The van der Waals surface area contributed by atoms with Gasteiger partial charge < -0.3 is 10.8 Å². The first-order chi connectivity index (χ1) is 4.18. The van der Waals surface area contributed by atoms with Crippen LogP contribution in [-0.4, -0.2) is 10.1 Å². The Morgan fingerprint density at radius 1 is 1.78 bits per heavy atom. The third kappa shape index (κ3) is 1.25. The van der Waals surface area contributed by atoms with Gasteiger partial charge in [0, 0.05) is 5.10 Å². The average Bonchev–Trinajstić information content (AvgIpc) is 1.59. The Bertz CT molecular complexity index is 173. The van der Waals surface area contributed by atoms with E-state index in [1.165, 1.54) is 10.9 Å². The van der Waals surface area contributed by atoms with Crippen LogP contribution in [0.4, 0.5) is 5.95 Å². The van der Waals surface area contributed by atoms with Gasteiger partial charge in [-0.25, -0.2) is 4.98 Å². The van der Waals surface area contributed by atoms with Gasteiger partial charge in [0.15, 0.2) is 7.05 Å². The van der Waals surface area contributed by atoms with Crippen molar-refractivity contribution < 1.29 is 9.79 Å². The first-order valence-electron chi connectivity index (χ1n) is 2.36. The third-order valence-corrected chi connectivity index (χ3v) is 0.782. The number of nitrogen functional groups attached to an aromatic ring is 1. The average molecular weight is 126 g/mol. The molecule has 0 spiro atoms. The number of anilines is 1. The second-order valence-corrected chi connectivity index (χ2v) is 1.61. The van der Waals surface area contributed by atoms with Gasteiger partial charge in [-0.1, -0.05) is 4.68 Å². The quantitative estimate of drug-likeness (QED) is 0.406. The van der Waals surface area contributed by atoms with Crippen molar-refractivity contribution >= 4 is 5.95 Å². The van der Waals surface area contributed by atoms with Crippen molar-refractivity contribution in [3.05, 3.63) is 6.20 Å². The highest BCUT2D eigenvalue weighted by molar-refractivity contribution is 5.12. The molecule has 0 aliphatic carbocycles. The van der Waals surface area contributed by atoms with E-state index in [-0.39, 0.29) is 11.8 Å². The Morgan fingerprint density at radius 3 is 2.89 bits per heavy atom. The molecule has 0 saturated heterocycles. The Hall–Kier alpha value is -1.39. The summed E-state index contributed by atoms with van der Waals surface area (Å²) >= 11 is 0. The molecule has 0 saturated carbocycles. The van der Waals surface area contributed by atoms with E-state index in [1.807, 2.05) is 0 Å². The number of hydrogen-bond acceptors (Lipinski definition) is 4. The predicted molar refractivity (Wildman–Crippen MR) is 27.1 cm³/mol. The fraction of sp³-hybridized carbons (Fsp3) is 0.250. The molecule has 9 heavy (non-hydrogen) atoms. The van der Waals surface area contributed by atoms with Gasteiger partial charge in [0.2, 0.25) is 6.20 Å². The fourth-order valence-corrected chi connectivity index (χ4v) is 0.514. The molecule has 0 aliphatic rings. The largest absolute Gasteiger partial charge is 0.854 e. The molecule has 48 valence electrons. The molecule has 0 fully saturated rings. The lowest BCUT2D eigenvalue weighted by Gasteiger charge is -1.97. The monoisotopic (exact) mass is 126 g/mol. The van der Waals surface area contributed by atoms with Crippen molar-refractivity contribution in [1.82, 2.24) is 10.1 Å². The van der Waals surface area contributed by atoms with Gasteiger partial charge in [-0.3, -0.25) is 0 Å². The summed E-state index contributed by atoms with van der Waals surface area (Å²) in [6, 6.07) is 0.